The summed E-state index contributed by atoms with van der Waals surface area (Å²) in [6.07, 6.45) is 3.90. The minimum Gasteiger partial charge on any atom is -0.493 e. The Labute approximate surface area is 230 Å². The second-order valence-electron chi connectivity index (χ2n) is 9.86. The molecule has 2 amide bonds. The van der Waals surface area contributed by atoms with Crippen LogP contribution in [0.1, 0.15) is 44.6 Å². The largest absolute Gasteiger partial charge is 0.493 e. The van der Waals surface area contributed by atoms with Crippen molar-refractivity contribution >= 4 is 33.4 Å². The second kappa shape index (κ2) is 13.0. The average Bonchev–Trinajstić information content (AvgIpc) is 3.45. The molecule has 11 heteroatoms. The molecule has 3 aromatic rings. The lowest BCUT2D eigenvalue weighted by atomic mass is 9.81. The lowest BCUT2D eigenvalue weighted by Crippen LogP contribution is -2.44. The van der Waals surface area contributed by atoms with Crippen LogP contribution in [0.5, 0.6) is 11.5 Å². The summed E-state index contributed by atoms with van der Waals surface area (Å²) in [4.78, 5) is 52.0. The number of carbonyl (C=O) groups excluding carboxylic acids is 2. The number of para-hydroxylation sites is 1. The third-order valence-electron chi connectivity index (χ3n) is 7.31. The van der Waals surface area contributed by atoms with Crippen molar-refractivity contribution in [3.8, 4) is 11.5 Å². The molecule has 0 bridgehead atoms. The third kappa shape index (κ3) is 6.35. The van der Waals surface area contributed by atoms with Gasteiger partial charge in [-0.05, 0) is 55.5 Å². The van der Waals surface area contributed by atoms with Crippen molar-refractivity contribution in [2.24, 2.45) is 11.8 Å². The number of benzene rings is 1. The van der Waals surface area contributed by atoms with Gasteiger partial charge < -0.3 is 20.1 Å². The van der Waals surface area contributed by atoms with E-state index in [2.05, 4.69) is 10.6 Å². The lowest BCUT2D eigenvalue weighted by molar-refractivity contribution is -0.126. The van der Waals surface area contributed by atoms with E-state index in [0.717, 1.165) is 37.7 Å². The van der Waals surface area contributed by atoms with Gasteiger partial charge >= 0.3 is 5.69 Å². The van der Waals surface area contributed by atoms with Gasteiger partial charge in [-0.1, -0.05) is 19.1 Å². The molecule has 0 unspecified atom stereocenters. The Kier molecular flexibility index (Phi) is 9.45. The standard InChI is InChI=1S/C28H36N4O6S/c1-4-13-29-26(34)19-10-8-18(9-11-19)16-32-27(35)25-21(12-14-39-25)31(28(32)36)17-23(33)30-15-20-6-5-7-22(37-2)24(20)38-3/h5-7,12,14,18-19H,4,8-11,13,15-17H2,1-3H3,(H,29,34)(H,30,33). The summed E-state index contributed by atoms with van der Waals surface area (Å²) < 4.78 is 13.8. The maximum Gasteiger partial charge on any atom is 0.332 e. The molecule has 0 spiro atoms. The molecule has 2 N–H and O–H groups in total. The van der Waals surface area contributed by atoms with Gasteiger partial charge in [0, 0.05) is 31.1 Å². The van der Waals surface area contributed by atoms with Crippen LogP contribution in [0.2, 0.25) is 0 Å². The Balaban J connectivity index is 1.48. The fourth-order valence-corrected chi connectivity index (χ4v) is 6.03. The van der Waals surface area contributed by atoms with E-state index in [-0.39, 0.29) is 48.8 Å². The van der Waals surface area contributed by atoms with Crippen molar-refractivity contribution in [3.63, 3.8) is 0 Å². The topological polar surface area (TPSA) is 121 Å². The van der Waals surface area contributed by atoms with Crippen molar-refractivity contribution in [2.75, 3.05) is 20.8 Å². The first-order valence-electron chi connectivity index (χ1n) is 13.3. The molecule has 0 radical (unpaired) electrons. The number of thiophene rings is 1. The minimum atomic E-state index is -0.497. The molecular weight excluding hydrogens is 520 g/mol. The number of amides is 2. The van der Waals surface area contributed by atoms with E-state index in [4.69, 9.17) is 9.47 Å². The summed E-state index contributed by atoms with van der Waals surface area (Å²) in [6, 6.07) is 7.11. The quantitative estimate of drug-likeness (QED) is 0.375. The van der Waals surface area contributed by atoms with Crippen LogP contribution in [0.25, 0.3) is 10.2 Å². The number of carbonyl (C=O) groups is 2. The minimum absolute atomic E-state index is 0.0205. The van der Waals surface area contributed by atoms with Crippen molar-refractivity contribution in [1.82, 2.24) is 19.8 Å². The number of nitrogens with zero attached hydrogens (tertiary/aromatic N) is 2. The number of ether oxygens (including phenoxy) is 2. The molecule has 39 heavy (non-hydrogen) atoms. The number of hydrogen-bond acceptors (Lipinski definition) is 7. The van der Waals surface area contributed by atoms with E-state index in [1.54, 1.807) is 24.6 Å². The molecule has 0 atom stereocenters. The zero-order valence-corrected chi connectivity index (χ0v) is 23.5. The first-order valence-corrected chi connectivity index (χ1v) is 14.2. The Bertz CT molecular complexity index is 1430. The van der Waals surface area contributed by atoms with E-state index < -0.39 is 5.69 Å². The van der Waals surface area contributed by atoms with Gasteiger partial charge in [0.25, 0.3) is 5.56 Å². The highest BCUT2D eigenvalue weighted by Gasteiger charge is 2.27. The van der Waals surface area contributed by atoms with Crippen LogP contribution >= 0.6 is 11.3 Å². The van der Waals surface area contributed by atoms with Crippen LogP contribution in [0.4, 0.5) is 0 Å². The second-order valence-corrected chi connectivity index (χ2v) is 10.8. The van der Waals surface area contributed by atoms with Crippen LogP contribution in [0.3, 0.4) is 0 Å². The SMILES string of the molecule is CCCNC(=O)C1CCC(Cn2c(=O)c3sccc3n(CC(=O)NCc3cccc(OC)c3OC)c2=O)CC1. The van der Waals surface area contributed by atoms with Gasteiger partial charge in [0.1, 0.15) is 11.2 Å². The number of hydrogen-bond donors (Lipinski definition) is 2. The molecule has 210 valence electrons. The van der Waals surface area contributed by atoms with Crippen molar-refractivity contribution in [2.45, 2.75) is 58.7 Å². The van der Waals surface area contributed by atoms with E-state index >= 15 is 0 Å². The molecule has 10 nitrogen and oxygen atoms in total. The molecule has 1 aromatic carbocycles. The molecule has 4 rings (SSSR count). The lowest BCUT2D eigenvalue weighted by Gasteiger charge is -2.28. The van der Waals surface area contributed by atoms with Crippen molar-refractivity contribution in [1.29, 1.82) is 0 Å². The first kappa shape index (κ1) is 28.4. The fraction of sp³-hybridized carbons (Fsp3) is 0.500. The Hall–Kier alpha value is -3.60. The highest BCUT2D eigenvalue weighted by molar-refractivity contribution is 7.17. The van der Waals surface area contributed by atoms with Crippen LogP contribution < -0.4 is 31.4 Å². The summed E-state index contributed by atoms with van der Waals surface area (Å²) >= 11 is 1.26. The summed E-state index contributed by atoms with van der Waals surface area (Å²) in [6.45, 7) is 2.94. The van der Waals surface area contributed by atoms with E-state index in [0.29, 0.717) is 28.3 Å². The van der Waals surface area contributed by atoms with Gasteiger partial charge in [0.15, 0.2) is 11.5 Å². The molecular formula is C28H36N4O6S. The summed E-state index contributed by atoms with van der Waals surface area (Å²) in [5, 5.41) is 7.57. The monoisotopic (exact) mass is 556 g/mol. The summed E-state index contributed by atoms with van der Waals surface area (Å²) in [5.74, 6) is 0.913. The van der Waals surface area contributed by atoms with E-state index in [1.807, 2.05) is 19.1 Å². The zero-order valence-electron chi connectivity index (χ0n) is 22.7. The smallest absolute Gasteiger partial charge is 0.332 e. The van der Waals surface area contributed by atoms with Crippen LogP contribution in [-0.2, 0) is 29.2 Å². The number of fused-ring (bicyclic) bond motifs is 1. The summed E-state index contributed by atoms with van der Waals surface area (Å²) in [5.41, 5.74) is 0.368. The molecule has 1 saturated carbocycles. The van der Waals surface area contributed by atoms with Crippen LogP contribution in [0, 0.1) is 11.8 Å². The molecule has 2 aromatic heterocycles. The van der Waals surface area contributed by atoms with Crippen molar-refractivity contribution in [3.05, 3.63) is 56.0 Å². The molecule has 0 aliphatic heterocycles. The zero-order chi connectivity index (χ0) is 27.9. The first-order chi connectivity index (χ1) is 18.9. The Morgan fingerprint density at radius 2 is 1.79 bits per heavy atom. The van der Waals surface area contributed by atoms with E-state index in [1.165, 1.54) is 27.6 Å². The third-order valence-corrected chi connectivity index (χ3v) is 8.20. The van der Waals surface area contributed by atoms with Gasteiger partial charge in [-0.3, -0.25) is 23.5 Å². The number of nitrogens with one attached hydrogen (secondary N) is 2. The number of rotatable bonds is 11. The number of aromatic nitrogens is 2. The van der Waals surface area contributed by atoms with Gasteiger partial charge in [-0.15, -0.1) is 11.3 Å². The Morgan fingerprint density at radius 1 is 1.03 bits per heavy atom. The van der Waals surface area contributed by atoms with Crippen molar-refractivity contribution < 1.29 is 19.1 Å². The van der Waals surface area contributed by atoms with Gasteiger partial charge in [0.05, 0.1) is 19.7 Å². The van der Waals surface area contributed by atoms with E-state index in [9.17, 15) is 19.2 Å². The maximum atomic E-state index is 13.5. The molecule has 1 aliphatic rings. The molecule has 0 saturated heterocycles. The van der Waals surface area contributed by atoms with Gasteiger partial charge in [-0.25, -0.2) is 4.79 Å². The number of methoxy groups -OCH3 is 2. The molecule has 1 aliphatic carbocycles. The highest BCUT2D eigenvalue weighted by Crippen LogP contribution is 2.31. The predicted octanol–water partition coefficient (Wildman–Crippen LogP) is 2.89. The normalized spacial score (nSPS) is 17.1. The van der Waals surface area contributed by atoms with Gasteiger partial charge in [0.2, 0.25) is 11.8 Å². The van der Waals surface area contributed by atoms with Gasteiger partial charge in [-0.2, -0.15) is 0 Å². The van der Waals surface area contributed by atoms with Crippen LogP contribution in [0.15, 0.2) is 39.2 Å². The average molecular weight is 557 g/mol. The Morgan fingerprint density at radius 3 is 2.49 bits per heavy atom. The van der Waals surface area contributed by atoms with Crippen LogP contribution in [-0.4, -0.2) is 41.7 Å². The maximum absolute atomic E-state index is 13.5. The summed E-state index contributed by atoms with van der Waals surface area (Å²) in [7, 11) is 3.08. The predicted molar refractivity (Wildman–Crippen MR) is 150 cm³/mol. The molecule has 1 fully saturated rings. The fourth-order valence-electron chi connectivity index (χ4n) is 5.19. The molecule has 2 heterocycles. The highest BCUT2D eigenvalue weighted by atomic mass is 32.1.